The first-order chi connectivity index (χ1) is 11.5. The Labute approximate surface area is 138 Å². The summed E-state index contributed by atoms with van der Waals surface area (Å²) in [6.45, 7) is 4.28. The van der Waals surface area contributed by atoms with Gasteiger partial charge in [0.15, 0.2) is 0 Å². The van der Waals surface area contributed by atoms with Crippen molar-refractivity contribution >= 4 is 5.69 Å². The van der Waals surface area contributed by atoms with Crippen molar-refractivity contribution in [1.29, 1.82) is 0 Å². The zero-order valence-corrected chi connectivity index (χ0v) is 13.4. The van der Waals surface area contributed by atoms with Crippen LogP contribution in [0.2, 0.25) is 0 Å². The second-order valence-electron chi connectivity index (χ2n) is 5.50. The van der Waals surface area contributed by atoms with Gasteiger partial charge < -0.3 is 9.15 Å². The lowest BCUT2D eigenvalue weighted by Crippen LogP contribution is -1.96. The third kappa shape index (κ3) is 3.43. The molecule has 0 bridgehead atoms. The lowest BCUT2D eigenvalue weighted by molar-refractivity contribution is -0.384. The molecule has 0 atom stereocenters. The standard InChI is InChI=1S/C18H16N2O4/c1-12-3-8-17(13(2)9-12)18-19-14(11-24-18)10-23-16-6-4-15(5-7-16)20(21)22/h3-9,11H,10H2,1-2H3. The number of non-ortho nitro benzene ring substituents is 1. The second kappa shape index (κ2) is 6.54. The third-order valence-corrected chi connectivity index (χ3v) is 3.60. The molecule has 3 rings (SSSR count). The number of hydrogen-bond donors (Lipinski definition) is 0. The van der Waals surface area contributed by atoms with E-state index in [0.717, 1.165) is 11.1 Å². The monoisotopic (exact) mass is 324 g/mol. The Morgan fingerprint density at radius 3 is 2.58 bits per heavy atom. The molecule has 24 heavy (non-hydrogen) atoms. The highest BCUT2D eigenvalue weighted by atomic mass is 16.6. The molecule has 0 aliphatic carbocycles. The van der Waals surface area contributed by atoms with Gasteiger partial charge in [-0.15, -0.1) is 0 Å². The Kier molecular flexibility index (Phi) is 4.29. The van der Waals surface area contributed by atoms with E-state index in [1.807, 2.05) is 26.0 Å². The van der Waals surface area contributed by atoms with E-state index in [1.165, 1.54) is 17.7 Å². The van der Waals surface area contributed by atoms with E-state index >= 15 is 0 Å². The van der Waals surface area contributed by atoms with Crippen molar-refractivity contribution in [1.82, 2.24) is 4.98 Å². The fourth-order valence-corrected chi connectivity index (χ4v) is 2.37. The molecule has 1 heterocycles. The van der Waals surface area contributed by atoms with Crippen LogP contribution in [0, 0.1) is 24.0 Å². The van der Waals surface area contributed by atoms with Gasteiger partial charge in [0.25, 0.3) is 5.69 Å². The van der Waals surface area contributed by atoms with E-state index in [9.17, 15) is 10.1 Å². The zero-order valence-electron chi connectivity index (χ0n) is 13.4. The van der Waals surface area contributed by atoms with Crippen LogP contribution in [0.4, 0.5) is 5.69 Å². The number of benzene rings is 2. The number of aryl methyl sites for hydroxylation is 2. The first-order valence-corrected chi connectivity index (χ1v) is 7.42. The normalized spacial score (nSPS) is 10.6. The third-order valence-electron chi connectivity index (χ3n) is 3.60. The van der Waals surface area contributed by atoms with Crippen LogP contribution < -0.4 is 4.74 Å². The van der Waals surface area contributed by atoms with Gasteiger partial charge in [0, 0.05) is 17.7 Å². The maximum Gasteiger partial charge on any atom is 0.269 e. The van der Waals surface area contributed by atoms with E-state index < -0.39 is 4.92 Å². The van der Waals surface area contributed by atoms with Gasteiger partial charge in [-0.05, 0) is 37.6 Å². The minimum atomic E-state index is -0.447. The van der Waals surface area contributed by atoms with Gasteiger partial charge in [-0.1, -0.05) is 17.7 Å². The number of nitrogens with zero attached hydrogens (tertiary/aromatic N) is 2. The van der Waals surface area contributed by atoms with Crippen LogP contribution >= 0.6 is 0 Å². The summed E-state index contributed by atoms with van der Waals surface area (Å²) in [5, 5.41) is 10.6. The molecule has 0 N–H and O–H groups in total. The van der Waals surface area contributed by atoms with Crippen molar-refractivity contribution < 1.29 is 14.1 Å². The minimum Gasteiger partial charge on any atom is -0.487 e. The van der Waals surface area contributed by atoms with E-state index in [1.54, 1.807) is 18.4 Å². The molecule has 0 aliphatic heterocycles. The highest BCUT2D eigenvalue weighted by molar-refractivity contribution is 5.59. The van der Waals surface area contributed by atoms with Crippen LogP contribution in [0.1, 0.15) is 16.8 Å². The van der Waals surface area contributed by atoms with Gasteiger partial charge in [-0.2, -0.15) is 0 Å². The highest BCUT2D eigenvalue weighted by Crippen LogP contribution is 2.24. The van der Waals surface area contributed by atoms with Crippen LogP contribution in [0.5, 0.6) is 5.75 Å². The number of nitro benzene ring substituents is 1. The van der Waals surface area contributed by atoms with Crippen molar-refractivity contribution in [3.05, 3.63) is 75.7 Å². The molecule has 0 spiro atoms. The lowest BCUT2D eigenvalue weighted by Gasteiger charge is -2.03. The first-order valence-electron chi connectivity index (χ1n) is 7.42. The van der Waals surface area contributed by atoms with Gasteiger partial charge in [0.1, 0.15) is 24.3 Å². The van der Waals surface area contributed by atoms with Gasteiger partial charge in [-0.3, -0.25) is 10.1 Å². The quantitative estimate of drug-likeness (QED) is 0.512. The molecule has 0 radical (unpaired) electrons. The van der Waals surface area contributed by atoms with E-state index in [0.29, 0.717) is 17.3 Å². The van der Waals surface area contributed by atoms with Crippen molar-refractivity contribution in [3.63, 3.8) is 0 Å². The maximum absolute atomic E-state index is 10.6. The first kappa shape index (κ1) is 15.7. The average molecular weight is 324 g/mol. The Hall–Kier alpha value is -3.15. The molecule has 6 heteroatoms. The molecule has 0 saturated heterocycles. The molecule has 0 saturated carbocycles. The summed E-state index contributed by atoms with van der Waals surface area (Å²) in [6, 6.07) is 12.0. The van der Waals surface area contributed by atoms with Gasteiger partial charge in [0.05, 0.1) is 4.92 Å². The lowest BCUT2D eigenvalue weighted by atomic mass is 10.1. The topological polar surface area (TPSA) is 78.4 Å². The van der Waals surface area contributed by atoms with E-state index in [2.05, 4.69) is 11.1 Å². The average Bonchev–Trinajstić information content (AvgIpc) is 3.02. The molecule has 0 unspecified atom stereocenters. The number of oxazole rings is 1. The summed E-state index contributed by atoms with van der Waals surface area (Å²) >= 11 is 0. The summed E-state index contributed by atoms with van der Waals surface area (Å²) in [7, 11) is 0. The summed E-state index contributed by atoms with van der Waals surface area (Å²) in [6.07, 6.45) is 1.56. The van der Waals surface area contributed by atoms with Crippen LogP contribution in [0.25, 0.3) is 11.5 Å². The Bertz CT molecular complexity index is 869. The largest absolute Gasteiger partial charge is 0.487 e. The molecule has 3 aromatic rings. The van der Waals surface area contributed by atoms with Crippen LogP contribution in [-0.2, 0) is 6.61 Å². The molecule has 1 aromatic heterocycles. The zero-order chi connectivity index (χ0) is 17.1. The fraction of sp³-hybridized carbons (Fsp3) is 0.167. The number of aromatic nitrogens is 1. The molecule has 0 aliphatic rings. The fourth-order valence-electron chi connectivity index (χ4n) is 2.37. The molecule has 6 nitrogen and oxygen atoms in total. The predicted molar refractivity (Wildman–Crippen MR) is 88.8 cm³/mol. The van der Waals surface area contributed by atoms with Gasteiger partial charge >= 0.3 is 0 Å². The summed E-state index contributed by atoms with van der Waals surface area (Å²) in [5.74, 6) is 1.09. The van der Waals surface area contributed by atoms with Crippen LogP contribution in [0.15, 0.2) is 53.1 Å². The Balaban J connectivity index is 1.69. The van der Waals surface area contributed by atoms with Crippen molar-refractivity contribution in [2.75, 3.05) is 0 Å². The van der Waals surface area contributed by atoms with Crippen LogP contribution in [0.3, 0.4) is 0 Å². The number of hydrogen-bond acceptors (Lipinski definition) is 5. The molecule has 2 aromatic carbocycles. The second-order valence-corrected chi connectivity index (χ2v) is 5.50. The molecule has 0 amide bonds. The number of nitro groups is 1. The predicted octanol–water partition coefficient (Wildman–Crippen LogP) is 4.45. The highest BCUT2D eigenvalue weighted by Gasteiger charge is 2.10. The Morgan fingerprint density at radius 1 is 1.17 bits per heavy atom. The van der Waals surface area contributed by atoms with Crippen LogP contribution in [-0.4, -0.2) is 9.91 Å². The molecular formula is C18H16N2O4. The van der Waals surface area contributed by atoms with Gasteiger partial charge in [0.2, 0.25) is 5.89 Å². The van der Waals surface area contributed by atoms with E-state index in [-0.39, 0.29) is 12.3 Å². The summed E-state index contributed by atoms with van der Waals surface area (Å²) in [5.41, 5.74) is 3.91. The number of ether oxygens (including phenoxy) is 1. The molecular weight excluding hydrogens is 308 g/mol. The minimum absolute atomic E-state index is 0.0286. The van der Waals surface area contributed by atoms with E-state index in [4.69, 9.17) is 9.15 Å². The summed E-state index contributed by atoms with van der Waals surface area (Å²) < 4.78 is 11.1. The molecule has 122 valence electrons. The maximum atomic E-state index is 10.6. The Morgan fingerprint density at radius 2 is 1.92 bits per heavy atom. The SMILES string of the molecule is Cc1ccc(-c2nc(COc3ccc([N+](=O)[O-])cc3)co2)c(C)c1. The van der Waals surface area contributed by atoms with Crippen molar-refractivity contribution in [3.8, 4) is 17.2 Å². The molecule has 0 fully saturated rings. The smallest absolute Gasteiger partial charge is 0.269 e. The number of rotatable bonds is 5. The van der Waals surface area contributed by atoms with Crippen molar-refractivity contribution in [2.24, 2.45) is 0 Å². The van der Waals surface area contributed by atoms with Crippen molar-refractivity contribution in [2.45, 2.75) is 20.5 Å². The summed E-state index contributed by atoms with van der Waals surface area (Å²) in [4.78, 5) is 14.6. The van der Waals surface area contributed by atoms with Gasteiger partial charge in [-0.25, -0.2) is 4.98 Å².